The van der Waals surface area contributed by atoms with Crippen molar-refractivity contribution in [2.45, 2.75) is 59.5 Å². The Labute approximate surface area is 104 Å². The van der Waals surface area contributed by atoms with Gasteiger partial charge in [-0.2, -0.15) is 0 Å². The van der Waals surface area contributed by atoms with Gasteiger partial charge in [0.2, 0.25) is 0 Å². The Morgan fingerprint density at radius 1 is 1.35 bits per heavy atom. The molecule has 0 saturated heterocycles. The zero-order valence-electron chi connectivity index (χ0n) is 11.4. The first-order chi connectivity index (χ1) is 7.80. The fraction of sp³-hybridized carbons (Fsp3) is 0.800. The molecule has 0 aliphatic heterocycles. The third-order valence-electron chi connectivity index (χ3n) is 5.05. The standard InChI is InChI=1S/C15H24O2/c1-10(9-16)11-5-6-15(11,4)12-7-14(2,3)8-13(12)17/h9,12-13,17H,5-8H2,1-4H3/b11-10+/t12-,13-,15?/m0/s1. The Kier molecular flexibility index (Phi) is 2.97. The van der Waals surface area contributed by atoms with Crippen LogP contribution in [0.2, 0.25) is 0 Å². The van der Waals surface area contributed by atoms with Crippen LogP contribution in [0, 0.1) is 16.7 Å². The smallest absolute Gasteiger partial charge is 0.145 e. The number of aliphatic hydroxyl groups is 1. The lowest BCUT2D eigenvalue weighted by Gasteiger charge is -2.48. The monoisotopic (exact) mass is 236 g/mol. The van der Waals surface area contributed by atoms with Gasteiger partial charge in [0.1, 0.15) is 6.29 Å². The molecular weight excluding hydrogens is 212 g/mol. The van der Waals surface area contributed by atoms with Gasteiger partial charge < -0.3 is 5.11 Å². The molecule has 0 aromatic rings. The minimum atomic E-state index is -0.204. The van der Waals surface area contributed by atoms with Gasteiger partial charge in [-0.3, -0.25) is 4.79 Å². The SMILES string of the molecule is C/C(C=O)=C1/CCC1(C)[C@H]1CC(C)(C)C[C@@H]1O. The molecule has 2 heteroatoms. The Morgan fingerprint density at radius 3 is 2.35 bits per heavy atom. The molecule has 3 atom stereocenters. The topological polar surface area (TPSA) is 37.3 Å². The third-order valence-corrected chi connectivity index (χ3v) is 5.05. The summed E-state index contributed by atoms with van der Waals surface area (Å²) in [6.07, 6.45) is 4.88. The van der Waals surface area contributed by atoms with Crippen LogP contribution in [0.5, 0.6) is 0 Å². The zero-order valence-corrected chi connectivity index (χ0v) is 11.4. The molecule has 96 valence electrons. The van der Waals surface area contributed by atoms with Crippen molar-refractivity contribution in [1.82, 2.24) is 0 Å². The molecule has 2 nitrogen and oxygen atoms in total. The molecule has 1 N–H and O–H groups in total. The van der Waals surface area contributed by atoms with Gasteiger partial charge in [-0.15, -0.1) is 0 Å². The van der Waals surface area contributed by atoms with E-state index in [4.69, 9.17) is 0 Å². The quantitative estimate of drug-likeness (QED) is 0.591. The van der Waals surface area contributed by atoms with E-state index in [1.807, 2.05) is 6.92 Å². The lowest BCUT2D eigenvalue weighted by Crippen LogP contribution is -2.41. The van der Waals surface area contributed by atoms with E-state index in [-0.39, 0.29) is 16.9 Å². The van der Waals surface area contributed by atoms with E-state index in [1.165, 1.54) is 5.57 Å². The van der Waals surface area contributed by atoms with Crippen molar-refractivity contribution >= 4 is 6.29 Å². The highest BCUT2D eigenvalue weighted by molar-refractivity contribution is 5.74. The summed E-state index contributed by atoms with van der Waals surface area (Å²) in [5.41, 5.74) is 2.48. The van der Waals surface area contributed by atoms with Gasteiger partial charge >= 0.3 is 0 Å². The molecule has 2 aliphatic rings. The Morgan fingerprint density at radius 2 is 2.00 bits per heavy atom. The van der Waals surface area contributed by atoms with Crippen LogP contribution in [0.25, 0.3) is 0 Å². The zero-order chi connectivity index (χ0) is 12.8. The molecule has 0 radical (unpaired) electrons. The highest BCUT2D eigenvalue weighted by Crippen LogP contribution is 2.59. The molecule has 17 heavy (non-hydrogen) atoms. The maximum Gasteiger partial charge on any atom is 0.145 e. The van der Waals surface area contributed by atoms with Crippen LogP contribution in [0.4, 0.5) is 0 Å². The third kappa shape index (κ3) is 1.97. The second-order valence-corrected chi connectivity index (χ2v) is 6.94. The van der Waals surface area contributed by atoms with E-state index in [9.17, 15) is 9.90 Å². The number of aliphatic hydroxyl groups excluding tert-OH is 1. The van der Waals surface area contributed by atoms with E-state index >= 15 is 0 Å². The first-order valence-corrected chi connectivity index (χ1v) is 6.64. The normalized spacial score (nSPS) is 43.1. The molecule has 2 fully saturated rings. The van der Waals surface area contributed by atoms with Crippen LogP contribution in [0.3, 0.4) is 0 Å². The summed E-state index contributed by atoms with van der Waals surface area (Å²) >= 11 is 0. The number of allylic oxidation sites excluding steroid dienone is 2. The van der Waals surface area contributed by atoms with Gasteiger partial charge in [0, 0.05) is 0 Å². The van der Waals surface area contributed by atoms with Crippen molar-refractivity contribution in [1.29, 1.82) is 0 Å². The molecule has 0 spiro atoms. The minimum Gasteiger partial charge on any atom is -0.393 e. The van der Waals surface area contributed by atoms with E-state index < -0.39 is 0 Å². The molecule has 2 rings (SSSR count). The fourth-order valence-corrected chi connectivity index (χ4v) is 3.95. The van der Waals surface area contributed by atoms with Gasteiger partial charge in [-0.1, -0.05) is 26.3 Å². The van der Waals surface area contributed by atoms with Crippen molar-refractivity contribution in [2.24, 2.45) is 16.7 Å². The largest absolute Gasteiger partial charge is 0.393 e. The molecule has 2 saturated carbocycles. The maximum absolute atomic E-state index is 10.9. The van der Waals surface area contributed by atoms with Crippen molar-refractivity contribution in [3.63, 3.8) is 0 Å². The Hall–Kier alpha value is -0.630. The predicted octanol–water partition coefficient (Wildman–Crippen LogP) is 3.10. The Bertz CT molecular complexity index is 367. The summed E-state index contributed by atoms with van der Waals surface area (Å²) in [7, 11) is 0. The molecule has 0 amide bonds. The molecule has 0 heterocycles. The summed E-state index contributed by atoms with van der Waals surface area (Å²) < 4.78 is 0. The fourth-order valence-electron chi connectivity index (χ4n) is 3.95. The molecular formula is C15H24O2. The average molecular weight is 236 g/mol. The van der Waals surface area contributed by atoms with Gasteiger partial charge in [0.15, 0.2) is 0 Å². The summed E-state index contributed by atoms with van der Waals surface area (Å²) in [6.45, 7) is 8.60. The number of hydrogen-bond acceptors (Lipinski definition) is 2. The summed E-state index contributed by atoms with van der Waals surface area (Å²) in [5, 5.41) is 10.3. The van der Waals surface area contributed by atoms with Gasteiger partial charge in [0.05, 0.1) is 6.10 Å². The number of carbonyl (C=O) groups is 1. The predicted molar refractivity (Wildman–Crippen MR) is 68.6 cm³/mol. The van der Waals surface area contributed by atoms with Crippen LogP contribution in [0.1, 0.15) is 53.4 Å². The number of rotatable bonds is 2. The first-order valence-electron chi connectivity index (χ1n) is 6.64. The summed E-state index contributed by atoms with van der Waals surface area (Å²) in [4.78, 5) is 10.9. The van der Waals surface area contributed by atoms with E-state index in [1.54, 1.807) is 0 Å². The van der Waals surface area contributed by atoms with Crippen molar-refractivity contribution in [3.8, 4) is 0 Å². The molecule has 0 bridgehead atoms. The van der Waals surface area contributed by atoms with Crippen LogP contribution in [0.15, 0.2) is 11.1 Å². The molecule has 1 unspecified atom stereocenters. The molecule has 0 aromatic heterocycles. The average Bonchev–Trinajstić information content (AvgIpc) is 2.49. The van der Waals surface area contributed by atoms with Crippen LogP contribution in [-0.2, 0) is 4.79 Å². The lowest BCUT2D eigenvalue weighted by atomic mass is 9.56. The number of carbonyl (C=O) groups excluding carboxylic acids is 1. The first kappa shape index (κ1) is 12.8. The second-order valence-electron chi connectivity index (χ2n) is 6.94. The highest BCUT2D eigenvalue weighted by Gasteiger charge is 2.52. The van der Waals surface area contributed by atoms with E-state index in [0.717, 1.165) is 37.5 Å². The second kappa shape index (κ2) is 3.94. The highest BCUT2D eigenvalue weighted by atomic mass is 16.3. The summed E-state index contributed by atoms with van der Waals surface area (Å²) in [6, 6.07) is 0. The van der Waals surface area contributed by atoms with E-state index in [0.29, 0.717) is 5.92 Å². The van der Waals surface area contributed by atoms with Crippen molar-refractivity contribution in [2.75, 3.05) is 0 Å². The van der Waals surface area contributed by atoms with Crippen molar-refractivity contribution < 1.29 is 9.90 Å². The molecule has 2 aliphatic carbocycles. The van der Waals surface area contributed by atoms with Crippen LogP contribution in [-0.4, -0.2) is 17.5 Å². The summed E-state index contributed by atoms with van der Waals surface area (Å²) in [5.74, 6) is 0.330. The number of aldehydes is 1. The van der Waals surface area contributed by atoms with Crippen LogP contribution < -0.4 is 0 Å². The maximum atomic E-state index is 10.9. The van der Waals surface area contributed by atoms with Gasteiger partial charge in [-0.05, 0) is 54.9 Å². The molecule has 0 aromatic carbocycles. The number of hydrogen-bond donors (Lipinski definition) is 1. The van der Waals surface area contributed by atoms with Crippen molar-refractivity contribution in [3.05, 3.63) is 11.1 Å². The van der Waals surface area contributed by atoms with Gasteiger partial charge in [0.25, 0.3) is 0 Å². The van der Waals surface area contributed by atoms with Gasteiger partial charge in [-0.25, -0.2) is 0 Å². The Balaban J connectivity index is 2.26. The minimum absolute atomic E-state index is 0.0676. The lowest BCUT2D eigenvalue weighted by molar-refractivity contribution is -0.105. The van der Waals surface area contributed by atoms with Crippen LogP contribution >= 0.6 is 0 Å². The van der Waals surface area contributed by atoms with E-state index in [2.05, 4.69) is 20.8 Å².